The average Bonchev–Trinajstić information content (AvgIpc) is 2.94. The molecule has 4 nitrogen and oxygen atoms in total. The first-order chi connectivity index (χ1) is 8.74. The van der Waals surface area contributed by atoms with E-state index in [4.69, 9.17) is 4.74 Å². The molecule has 1 heterocycles. The fourth-order valence-electron chi connectivity index (χ4n) is 2.29. The molecule has 0 atom stereocenters. The Morgan fingerprint density at radius 2 is 2.22 bits per heavy atom. The average molecular weight is 242 g/mol. The van der Waals surface area contributed by atoms with Crippen LogP contribution in [0.2, 0.25) is 0 Å². The summed E-state index contributed by atoms with van der Waals surface area (Å²) in [6, 6.07) is 7.59. The molecule has 0 saturated carbocycles. The van der Waals surface area contributed by atoms with Crippen molar-refractivity contribution in [2.75, 3.05) is 0 Å². The number of Topliss-reactive ketones (excluding diaryl/α,β-unsaturated/α-hetero) is 1. The molecule has 0 spiro atoms. The van der Waals surface area contributed by atoms with Gasteiger partial charge in [-0.2, -0.15) is 5.10 Å². The molecule has 92 valence electrons. The van der Waals surface area contributed by atoms with Gasteiger partial charge in [-0.05, 0) is 18.6 Å². The van der Waals surface area contributed by atoms with Gasteiger partial charge < -0.3 is 4.74 Å². The predicted molar refractivity (Wildman–Crippen MR) is 66.6 cm³/mol. The summed E-state index contributed by atoms with van der Waals surface area (Å²) in [6.07, 6.45) is 3.27. The lowest BCUT2D eigenvalue weighted by Crippen LogP contribution is -2.00. The number of aromatic nitrogens is 2. The zero-order valence-electron chi connectivity index (χ0n) is 10.2. The van der Waals surface area contributed by atoms with Gasteiger partial charge in [-0.15, -0.1) is 0 Å². The third-order valence-corrected chi connectivity index (χ3v) is 3.18. The van der Waals surface area contributed by atoms with E-state index in [1.54, 1.807) is 4.68 Å². The number of rotatable bonds is 3. The van der Waals surface area contributed by atoms with Crippen molar-refractivity contribution in [1.29, 1.82) is 0 Å². The van der Waals surface area contributed by atoms with Gasteiger partial charge in [0.1, 0.15) is 12.4 Å². The number of carbonyl (C=O) groups excluding carboxylic acids is 1. The number of carbonyl (C=O) groups is 1. The summed E-state index contributed by atoms with van der Waals surface area (Å²) in [7, 11) is 1.88. The number of benzene rings is 1. The lowest BCUT2D eigenvalue weighted by atomic mass is 10.1. The highest BCUT2D eigenvalue weighted by Gasteiger charge is 2.22. The standard InChI is InChI=1S/C14H14N2O2/c1-16-8-7-10(15-16)9-18-14-4-2-3-11-12(14)5-6-13(11)17/h2-4,7-8H,5-6,9H2,1H3. The van der Waals surface area contributed by atoms with Gasteiger partial charge in [0.05, 0.1) is 5.69 Å². The number of fused-ring (bicyclic) bond motifs is 1. The number of hydrogen-bond donors (Lipinski definition) is 0. The number of hydrogen-bond acceptors (Lipinski definition) is 3. The molecule has 0 unspecified atom stereocenters. The van der Waals surface area contributed by atoms with Crippen LogP contribution in [0.5, 0.6) is 5.75 Å². The molecular weight excluding hydrogens is 228 g/mol. The zero-order valence-corrected chi connectivity index (χ0v) is 10.2. The fourth-order valence-corrected chi connectivity index (χ4v) is 2.29. The van der Waals surface area contributed by atoms with Gasteiger partial charge in [0.2, 0.25) is 0 Å². The molecule has 0 fully saturated rings. The Hall–Kier alpha value is -2.10. The van der Waals surface area contributed by atoms with E-state index in [2.05, 4.69) is 5.10 Å². The number of ether oxygens (including phenoxy) is 1. The second kappa shape index (κ2) is 4.29. The summed E-state index contributed by atoms with van der Waals surface area (Å²) < 4.78 is 7.52. The molecule has 2 aromatic rings. The van der Waals surface area contributed by atoms with Crippen LogP contribution >= 0.6 is 0 Å². The van der Waals surface area contributed by atoms with Crippen LogP contribution in [-0.2, 0) is 20.1 Å². The maximum atomic E-state index is 11.6. The van der Waals surface area contributed by atoms with Crippen LogP contribution in [-0.4, -0.2) is 15.6 Å². The fraction of sp³-hybridized carbons (Fsp3) is 0.286. The second-order valence-electron chi connectivity index (χ2n) is 4.47. The van der Waals surface area contributed by atoms with E-state index in [0.717, 1.165) is 29.0 Å². The van der Waals surface area contributed by atoms with Crippen molar-refractivity contribution in [3.63, 3.8) is 0 Å². The molecule has 1 aliphatic carbocycles. The van der Waals surface area contributed by atoms with Crippen LogP contribution in [0.1, 0.15) is 28.0 Å². The van der Waals surface area contributed by atoms with Gasteiger partial charge in [-0.3, -0.25) is 9.48 Å². The second-order valence-corrected chi connectivity index (χ2v) is 4.47. The highest BCUT2D eigenvalue weighted by molar-refractivity contribution is 6.01. The molecule has 3 rings (SSSR count). The van der Waals surface area contributed by atoms with E-state index in [1.165, 1.54) is 0 Å². The maximum absolute atomic E-state index is 11.6. The Labute approximate surface area is 105 Å². The number of aryl methyl sites for hydroxylation is 1. The Morgan fingerprint density at radius 1 is 1.33 bits per heavy atom. The van der Waals surface area contributed by atoms with Gasteiger partial charge in [-0.25, -0.2) is 0 Å². The van der Waals surface area contributed by atoms with Gasteiger partial charge in [0.25, 0.3) is 0 Å². The minimum absolute atomic E-state index is 0.216. The first-order valence-electron chi connectivity index (χ1n) is 6.00. The number of nitrogens with zero attached hydrogens (tertiary/aromatic N) is 2. The van der Waals surface area contributed by atoms with Gasteiger partial charge in [-0.1, -0.05) is 12.1 Å². The lowest BCUT2D eigenvalue weighted by molar-refractivity contribution is 0.0994. The van der Waals surface area contributed by atoms with Crippen molar-refractivity contribution in [2.45, 2.75) is 19.4 Å². The lowest BCUT2D eigenvalue weighted by Gasteiger charge is -2.08. The van der Waals surface area contributed by atoms with Crippen LogP contribution in [0.15, 0.2) is 30.5 Å². The van der Waals surface area contributed by atoms with E-state index in [-0.39, 0.29) is 5.78 Å². The molecule has 1 aromatic heterocycles. The molecular formula is C14H14N2O2. The third-order valence-electron chi connectivity index (χ3n) is 3.18. The predicted octanol–water partition coefficient (Wildman–Crippen LogP) is 2.13. The van der Waals surface area contributed by atoms with Crippen molar-refractivity contribution in [3.8, 4) is 5.75 Å². The van der Waals surface area contributed by atoms with Crippen molar-refractivity contribution < 1.29 is 9.53 Å². The highest BCUT2D eigenvalue weighted by Crippen LogP contribution is 2.30. The van der Waals surface area contributed by atoms with Crippen LogP contribution in [0.3, 0.4) is 0 Å². The zero-order chi connectivity index (χ0) is 12.5. The normalized spacial score (nSPS) is 13.7. The summed E-state index contributed by atoms with van der Waals surface area (Å²) in [5, 5.41) is 4.26. The molecule has 0 radical (unpaired) electrons. The summed E-state index contributed by atoms with van der Waals surface area (Å²) in [4.78, 5) is 11.6. The third kappa shape index (κ3) is 1.90. The van der Waals surface area contributed by atoms with Crippen LogP contribution in [0, 0.1) is 0 Å². The van der Waals surface area contributed by atoms with E-state index in [1.807, 2.05) is 37.5 Å². The smallest absolute Gasteiger partial charge is 0.163 e. The summed E-state index contributed by atoms with van der Waals surface area (Å²) in [5.74, 6) is 1.03. The van der Waals surface area contributed by atoms with E-state index < -0.39 is 0 Å². The highest BCUT2D eigenvalue weighted by atomic mass is 16.5. The van der Waals surface area contributed by atoms with Crippen molar-refractivity contribution in [1.82, 2.24) is 9.78 Å². The summed E-state index contributed by atoms with van der Waals surface area (Å²) in [6.45, 7) is 0.436. The SMILES string of the molecule is Cn1ccc(COc2cccc3c2CCC3=O)n1. The van der Waals surface area contributed by atoms with Crippen molar-refractivity contribution >= 4 is 5.78 Å². The Kier molecular flexibility index (Phi) is 2.63. The minimum atomic E-state index is 0.216. The van der Waals surface area contributed by atoms with Crippen LogP contribution < -0.4 is 4.74 Å². The molecule has 0 bridgehead atoms. The molecule has 0 saturated heterocycles. The minimum Gasteiger partial charge on any atom is -0.487 e. The molecule has 0 N–H and O–H groups in total. The van der Waals surface area contributed by atoms with Crippen molar-refractivity contribution in [3.05, 3.63) is 47.3 Å². The van der Waals surface area contributed by atoms with E-state index in [0.29, 0.717) is 13.0 Å². The molecule has 1 aromatic carbocycles. The van der Waals surface area contributed by atoms with E-state index in [9.17, 15) is 4.79 Å². The van der Waals surface area contributed by atoms with Gasteiger partial charge in [0.15, 0.2) is 5.78 Å². The quantitative estimate of drug-likeness (QED) is 0.828. The van der Waals surface area contributed by atoms with E-state index >= 15 is 0 Å². The molecule has 18 heavy (non-hydrogen) atoms. The molecule has 0 amide bonds. The Balaban J connectivity index is 1.80. The molecule has 4 heteroatoms. The maximum Gasteiger partial charge on any atom is 0.163 e. The molecule has 1 aliphatic rings. The number of ketones is 1. The van der Waals surface area contributed by atoms with Crippen LogP contribution in [0.25, 0.3) is 0 Å². The largest absolute Gasteiger partial charge is 0.487 e. The van der Waals surface area contributed by atoms with Crippen LogP contribution in [0.4, 0.5) is 0 Å². The molecule has 0 aliphatic heterocycles. The van der Waals surface area contributed by atoms with Crippen molar-refractivity contribution in [2.24, 2.45) is 7.05 Å². The topological polar surface area (TPSA) is 44.1 Å². The summed E-state index contributed by atoms with van der Waals surface area (Å²) >= 11 is 0. The van der Waals surface area contributed by atoms with Gasteiger partial charge >= 0.3 is 0 Å². The summed E-state index contributed by atoms with van der Waals surface area (Å²) in [5.41, 5.74) is 2.74. The van der Waals surface area contributed by atoms with Gasteiger partial charge in [0, 0.05) is 30.8 Å². The first-order valence-corrected chi connectivity index (χ1v) is 6.00. The first kappa shape index (κ1) is 11.0. The Bertz CT molecular complexity index is 602. The Morgan fingerprint density at radius 3 is 3.00 bits per heavy atom. The monoisotopic (exact) mass is 242 g/mol.